The highest BCUT2D eigenvalue weighted by Crippen LogP contribution is 2.43. The molecule has 0 radical (unpaired) electrons. The Kier molecular flexibility index (Phi) is 4.82. The van der Waals surface area contributed by atoms with Crippen LogP contribution in [0.2, 0.25) is 5.02 Å². The molecule has 1 fully saturated rings. The van der Waals surface area contributed by atoms with Gasteiger partial charge in [0, 0.05) is 38.7 Å². The van der Waals surface area contributed by atoms with Gasteiger partial charge in [-0.25, -0.2) is 9.50 Å². The first-order chi connectivity index (χ1) is 16.8. The number of nitrogens with two attached hydrogens (primary N) is 1. The predicted molar refractivity (Wildman–Crippen MR) is 132 cm³/mol. The smallest absolute Gasteiger partial charge is 0.284 e. The molecule has 1 saturated heterocycles. The van der Waals surface area contributed by atoms with Gasteiger partial charge in [-0.2, -0.15) is 10.1 Å². The van der Waals surface area contributed by atoms with Crippen LogP contribution in [0.3, 0.4) is 0 Å². The summed E-state index contributed by atoms with van der Waals surface area (Å²) in [5.74, 6) is 1.12. The number of amides is 1. The fourth-order valence-electron chi connectivity index (χ4n) is 5.06. The van der Waals surface area contributed by atoms with Gasteiger partial charge in [0.15, 0.2) is 5.82 Å². The van der Waals surface area contributed by atoms with Crippen molar-refractivity contribution < 1.29 is 4.79 Å². The zero-order chi connectivity index (χ0) is 24.4. The minimum atomic E-state index is -0.327. The van der Waals surface area contributed by atoms with Crippen LogP contribution in [0.4, 0.5) is 11.8 Å². The summed E-state index contributed by atoms with van der Waals surface area (Å²) in [6.45, 7) is 3.28. The minimum Gasteiger partial charge on any atom is -0.368 e. The van der Waals surface area contributed by atoms with Gasteiger partial charge in [0.2, 0.25) is 5.95 Å². The SMILES string of the molecule is C[C@H]1CN(c2nc(N)nc3c2C(=O)N(C)CC3)[C@@H]1c1nn2ccc(Cl)c2c(=O)n1-c1ccccc1. The van der Waals surface area contributed by atoms with Crippen LogP contribution < -0.4 is 16.2 Å². The average molecular weight is 491 g/mol. The molecule has 0 aliphatic carbocycles. The van der Waals surface area contributed by atoms with E-state index in [-0.39, 0.29) is 29.4 Å². The summed E-state index contributed by atoms with van der Waals surface area (Å²) < 4.78 is 3.12. The Morgan fingerprint density at radius 3 is 2.63 bits per heavy atom. The van der Waals surface area contributed by atoms with Crippen molar-refractivity contribution in [1.82, 2.24) is 29.0 Å². The van der Waals surface area contributed by atoms with Crippen LogP contribution in [0.1, 0.15) is 34.8 Å². The molecule has 5 heterocycles. The molecule has 10 nitrogen and oxygen atoms in total. The maximum absolute atomic E-state index is 13.7. The molecule has 1 aromatic carbocycles. The van der Waals surface area contributed by atoms with E-state index in [1.54, 1.807) is 28.8 Å². The number of aromatic nitrogens is 5. The van der Waals surface area contributed by atoms with Crippen LogP contribution in [0, 0.1) is 5.92 Å². The summed E-state index contributed by atoms with van der Waals surface area (Å²) in [6.07, 6.45) is 2.28. The van der Waals surface area contributed by atoms with Crippen molar-refractivity contribution >= 4 is 34.8 Å². The summed E-state index contributed by atoms with van der Waals surface area (Å²) >= 11 is 6.34. The van der Waals surface area contributed by atoms with Crippen molar-refractivity contribution in [1.29, 1.82) is 0 Å². The first kappa shape index (κ1) is 21.6. The Morgan fingerprint density at radius 2 is 1.89 bits per heavy atom. The number of rotatable bonds is 3. The van der Waals surface area contributed by atoms with Gasteiger partial charge in [0.25, 0.3) is 11.5 Å². The molecule has 35 heavy (non-hydrogen) atoms. The van der Waals surface area contributed by atoms with E-state index in [0.717, 1.165) is 0 Å². The third-order valence-corrected chi connectivity index (χ3v) is 7.10. The average Bonchev–Trinajstić information content (AvgIpc) is 3.20. The molecule has 2 aliphatic rings. The Bertz CT molecular complexity index is 1550. The second-order valence-corrected chi connectivity index (χ2v) is 9.48. The van der Waals surface area contributed by atoms with Crippen LogP contribution >= 0.6 is 11.6 Å². The topological polar surface area (TPSA) is 115 Å². The minimum absolute atomic E-state index is 0.121. The summed E-state index contributed by atoms with van der Waals surface area (Å²) in [5, 5.41) is 5.17. The number of hydrogen-bond acceptors (Lipinski definition) is 7. The zero-order valence-electron chi connectivity index (χ0n) is 19.2. The van der Waals surface area contributed by atoms with E-state index in [9.17, 15) is 9.59 Å². The fourth-order valence-corrected chi connectivity index (χ4v) is 5.28. The van der Waals surface area contributed by atoms with Gasteiger partial charge in [-0.05, 0) is 18.2 Å². The number of benzene rings is 1. The monoisotopic (exact) mass is 490 g/mol. The molecular formula is C24H23ClN8O2. The first-order valence-electron chi connectivity index (χ1n) is 11.4. The van der Waals surface area contributed by atoms with Crippen molar-refractivity contribution in [2.24, 2.45) is 5.92 Å². The van der Waals surface area contributed by atoms with Crippen molar-refractivity contribution in [2.45, 2.75) is 19.4 Å². The van der Waals surface area contributed by atoms with Crippen LogP contribution in [0.25, 0.3) is 11.2 Å². The zero-order valence-corrected chi connectivity index (χ0v) is 20.0. The summed E-state index contributed by atoms with van der Waals surface area (Å²) in [4.78, 5) is 39.3. The maximum atomic E-state index is 13.7. The molecule has 0 bridgehead atoms. The first-order valence-corrected chi connectivity index (χ1v) is 11.8. The van der Waals surface area contributed by atoms with Crippen molar-refractivity contribution in [2.75, 3.05) is 30.8 Å². The molecule has 2 aliphatic heterocycles. The maximum Gasteiger partial charge on any atom is 0.284 e. The standard InChI is InChI=1S/C24H23ClN8O2/c1-13-12-31(20-17-16(27-24(26)28-20)9-10-30(2)22(17)34)18(13)21-29-32-11-8-15(25)19(32)23(35)33(21)14-6-4-3-5-7-14/h3-8,11,13,18H,9-10,12H2,1-2H3,(H2,26,27,28)/t13-,18-/m0/s1. The van der Waals surface area contributed by atoms with Crippen LogP contribution in [-0.4, -0.2) is 55.1 Å². The number of nitrogens with zero attached hydrogens (tertiary/aromatic N) is 7. The van der Waals surface area contributed by atoms with E-state index in [1.165, 1.54) is 4.52 Å². The van der Waals surface area contributed by atoms with Gasteiger partial charge in [-0.3, -0.25) is 14.2 Å². The van der Waals surface area contributed by atoms with E-state index < -0.39 is 0 Å². The molecule has 0 spiro atoms. The lowest BCUT2D eigenvalue weighted by Gasteiger charge is -2.48. The number of carbonyl (C=O) groups is 1. The highest BCUT2D eigenvalue weighted by atomic mass is 35.5. The van der Waals surface area contributed by atoms with Gasteiger partial charge >= 0.3 is 0 Å². The molecule has 11 heteroatoms. The largest absolute Gasteiger partial charge is 0.368 e. The lowest BCUT2D eigenvalue weighted by atomic mass is 9.88. The van der Waals surface area contributed by atoms with Gasteiger partial charge in [-0.1, -0.05) is 36.7 Å². The number of carbonyl (C=O) groups excluding carboxylic acids is 1. The summed E-state index contributed by atoms with van der Waals surface area (Å²) in [5.41, 5.74) is 7.88. The summed E-state index contributed by atoms with van der Waals surface area (Å²) in [6, 6.07) is 10.7. The number of halogens is 1. The van der Waals surface area contributed by atoms with Crippen molar-refractivity contribution in [3.05, 3.63) is 75.1 Å². The number of hydrogen-bond donors (Lipinski definition) is 1. The number of para-hydroxylation sites is 1. The Labute approximate surface area is 205 Å². The number of anilines is 2. The Morgan fingerprint density at radius 1 is 1.11 bits per heavy atom. The Balaban J connectivity index is 1.58. The summed E-state index contributed by atoms with van der Waals surface area (Å²) in [7, 11) is 1.76. The second-order valence-electron chi connectivity index (χ2n) is 9.07. The van der Waals surface area contributed by atoms with Gasteiger partial charge in [0.05, 0.1) is 22.4 Å². The third-order valence-electron chi connectivity index (χ3n) is 6.80. The van der Waals surface area contributed by atoms with E-state index >= 15 is 0 Å². The number of likely N-dealkylation sites (N-methyl/N-ethyl adjacent to an activating group) is 1. The van der Waals surface area contributed by atoms with E-state index in [4.69, 9.17) is 22.4 Å². The molecule has 0 unspecified atom stereocenters. The van der Waals surface area contributed by atoms with Crippen molar-refractivity contribution in [3.63, 3.8) is 0 Å². The van der Waals surface area contributed by atoms with E-state index in [2.05, 4.69) is 16.9 Å². The molecule has 1 amide bonds. The molecule has 178 valence electrons. The van der Waals surface area contributed by atoms with Gasteiger partial charge in [-0.15, -0.1) is 0 Å². The molecule has 6 rings (SSSR count). The lowest BCUT2D eigenvalue weighted by molar-refractivity contribution is 0.0778. The third kappa shape index (κ3) is 3.20. The predicted octanol–water partition coefficient (Wildman–Crippen LogP) is 2.34. The molecule has 2 N–H and O–H groups in total. The highest BCUT2D eigenvalue weighted by molar-refractivity contribution is 6.33. The van der Waals surface area contributed by atoms with Gasteiger partial charge < -0.3 is 15.5 Å². The van der Waals surface area contributed by atoms with E-state index in [1.807, 2.05) is 35.2 Å². The molecular weight excluding hydrogens is 468 g/mol. The van der Waals surface area contributed by atoms with Crippen molar-refractivity contribution in [3.8, 4) is 5.69 Å². The molecule has 2 atom stereocenters. The number of nitrogen functional groups attached to an aromatic ring is 1. The second kappa shape index (κ2) is 7.81. The molecule has 3 aromatic heterocycles. The van der Waals surface area contributed by atoms with Crippen LogP contribution in [-0.2, 0) is 6.42 Å². The van der Waals surface area contributed by atoms with Crippen LogP contribution in [0.15, 0.2) is 47.4 Å². The lowest BCUT2D eigenvalue weighted by Crippen LogP contribution is -2.52. The van der Waals surface area contributed by atoms with Gasteiger partial charge in [0.1, 0.15) is 16.9 Å². The number of fused-ring (bicyclic) bond motifs is 2. The Hall–Kier alpha value is -3.92. The quantitative estimate of drug-likeness (QED) is 0.468. The normalized spacial score (nSPS) is 19.7. The fraction of sp³-hybridized carbons (Fsp3) is 0.292. The molecule has 4 aromatic rings. The van der Waals surface area contributed by atoms with Crippen LogP contribution in [0.5, 0.6) is 0 Å². The molecule has 0 saturated carbocycles. The van der Waals surface area contributed by atoms with E-state index in [0.29, 0.717) is 58.6 Å². The highest BCUT2D eigenvalue weighted by Gasteiger charge is 2.44.